The molecular weight excluding hydrogens is 350 g/mol. The fourth-order valence-electron chi connectivity index (χ4n) is 2.52. The summed E-state index contributed by atoms with van der Waals surface area (Å²) in [6, 6.07) is 13.2. The summed E-state index contributed by atoms with van der Waals surface area (Å²) in [5, 5.41) is 21.1. The van der Waals surface area contributed by atoms with Gasteiger partial charge in [-0.2, -0.15) is 9.36 Å². The number of benzene rings is 2. The maximum atomic E-state index is 12.5. The number of fused-ring (bicyclic) bond motifs is 1. The molecule has 26 heavy (non-hydrogen) atoms. The normalized spacial score (nSPS) is 11.2. The molecule has 0 aliphatic rings. The topological polar surface area (TPSA) is 91.4 Å². The van der Waals surface area contributed by atoms with Crippen LogP contribution in [0.4, 0.5) is 0 Å². The molecule has 2 aromatic carbocycles. The first-order chi connectivity index (χ1) is 12.6. The van der Waals surface area contributed by atoms with Gasteiger partial charge in [0.25, 0.3) is 5.56 Å². The van der Waals surface area contributed by atoms with E-state index in [1.54, 1.807) is 16.8 Å². The van der Waals surface area contributed by atoms with Crippen LogP contribution in [0, 0.1) is 13.8 Å². The Bertz CT molecular complexity index is 1150. The SMILES string of the molecule is Cc1ccc(-n2nnnc2SCn2nnc3ccccc3c2=O)cc1C. The Morgan fingerprint density at radius 3 is 2.69 bits per heavy atom. The summed E-state index contributed by atoms with van der Waals surface area (Å²) in [4.78, 5) is 12.5. The van der Waals surface area contributed by atoms with Gasteiger partial charge in [0.15, 0.2) is 0 Å². The zero-order chi connectivity index (χ0) is 18.1. The zero-order valence-electron chi connectivity index (χ0n) is 14.2. The minimum atomic E-state index is -0.187. The summed E-state index contributed by atoms with van der Waals surface area (Å²) in [7, 11) is 0. The largest absolute Gasteiger partial charge is 0.278 e. The van der Waals surface area contributed by atoms with Crippen LogP contribution in [0.3, 0.4) is 0 Å². The summed E-state index contributed by atoms with van der Waals surface area (Å²) < 4.78 is 2.96. The first-order valence-electron chi connectivity index (χ1n) is 7.95. The van der Waals surface area contributed by atoms with E-state index >= 15 is 0 Å². The van der Waals surface area contributed by atoms with Gasteiger partial charge >= 0.3 is 0 Å². The summed E-state index contributed by atoms with van der Waals surface area (Å²) in [5.74, 6) is 0.266. The van der Waals surface area contributed by atoms with Crippen molar-refractivity contribution in [3.8, 4) is 5.69 Å². The molecule has 9 heteroatoms. The fraction of sp³-hybridized carbons (Fsp3) is 0.176. The zero-order valence-corrected chi connectivity index (χ0v) is 15.0. The van der Waals surface area contributed by atoms with E-state index in [-0.39, 0.29) is 11.4 Å². The van der Waals surface area contributed by atoms with Crippen LogP contribution in [0.25, 0.3) is 16.6 Å². The van der Waals surface area contributed by atoms with E-state index < -0.39 is 0 Å². The minimum absolute atomic E-state index is 0.187. The van der Waals surface area contributed by atoms with Crippen LogP contribution in [-0.2, 0) is 5.88 Å². The lowest BCUT2D eigenvalue weighted by Gasteiger charge is -2.07. The van der Waals surface area contributed by atoms with Crippen LogP contribution < -0.4 is 5.56 Å². The van der Waals surface area contributed by atoms with Gasteiger partial charge in [-0.05, 0) is 59.7 Å². The van der Waals surface area contributed by atoms with Crippen molar-refractivity contribution in [2.24, 2.45) is 0 Å². The molecule has 0 amide bonds. The highest BCUT2D eigenvalue weighted by atomic mass is 32.2. The van der Waals surface area contributed by atoms with Gasteiger partial charge in [-0.1, -0.05) is 35.2 Å². The maximum Gasteiger partial charge on any atom is 0.278 e. The van der Waals surface area contributed by atoms with E-state index in [9.17, 15) is 4.79 Å². The quantitative estimate of drug-likeness (QED) is 0.512. The molecule has 0 saturated carbocycles. The van der Waals surface area contributed by atoms with Crippen molar-refractivity contribution in [3.05, 3.63) is 63.9 Å². The predicted molar refractivity (Wildman–Crippen MR) is 98.3 cm³/mol. The smallest absolute Gasteiger partial charge is 0.267 e. The van der Waals surface area contributed by atoms with E-state index in [0.29, 0.717) is 16.1 Å². The third kappa shape index (κ3) is 2.97. The first kappa shape index (κ1) is 16.4. The molecule has 0 spiro atoms. The van der Waals surface area contributed by atoms with Crippen LogP contribution in [0.1, 0.15) is 11.1 Å². The van der Waals surface area contributed by atoms with Gasteiger partial charge in [0.1, 0.15) is 5.52 Å². The van der Waals surface area contributed by atoms with Crippen LogP contribution in [0.5, 0.6) is 0 Å². The molecule has 4 aromatic rings. The maximum absolute atomic E-state index is 12.5. The third-order valence-electron chi connectivity index (χ3n) is 4.12. The van der Waals surface area contributed by atoms with E-state index in [4.69, 9.17) is 0 Å². The predicted octanol–water partition coefficient (Wildman–Crippen LogP) is 2.13. The molecule has 0 fully saturated rings. The fourth-order valence-corrected chi connectivity index (χ4v) is 3.28. The summed E-state index contributed by atoms with van der Waals surface area (Å²) in [5.41, 5.74) is 3.63. The van der Waals surface area contributed by atoms with Crippen molar-refractivity contribution in [1.29, 1.82) is 0 Å². The van der Waals surface area contributed by atoms with Crippen molar-refractivity contribution in [2.75, 3.05) is 0 Å². The summed E-state index contributed by atoms with van der Waals surface area (Å²) >= 11 is 1.32. The monoisotopic (exact) mass is 365 g/mol. The molecule has 0 atom stereocenters. The molecule has 0 aliphatic heterocycles. The lowest BCUT2D eigenvalue weighted by Crippen LogP contribution is -2.23. The first-order valence-corrected chi connectivity index (χ1v) is 8.93. The highest BCUT2D eigenvalue weighted by molar-refractivity contribution is 7.98. The van der Waals surface area contributed by atoms with E-state index in [2.05, 4.69) is 32.8 Å². The molecule has 4 rings (SSSR count). The van der Waals surface area contributed by atoms with Gasteiger partial charge in [0.05, 0.1) is 17.0 Å². The molecular formula is C17H15N7OS. The lowest BCUT2D eigenvalue weighted by atomic mass is 10.1. The van der Waals surface area contributed by atoms with Crippen molar-refractivity contribution >= 4 is 22.7 Å². The third-order valence-corrected chi connectivity index (χ3v) is 5.01. The van der Waals surface area contributed by atoms with Gasteiger partial charge in [-0.15, -0.1) is 10.2 Å². The Hall–Kier alpha value is -3.07. The van der Waals surface area contributed by atoms with Gasteiger partial charge in [0, 0.05) is 0 Å². The Morgan fingerprint density at radius 1 is 1.00 bits per heavy atom. The van der Waals surface area contributed by atoms with Gasteiger partial charge in [0.2, 0.25) is 5.16 Å². The highest BCUT2D eigenvalue weighted by Crippen LogP contribution is 2.20. The Kier molecular flexibility index (Phi) is 4.21. The molecule has 8 nitrogen and oxygen atoms in total. The van der Waals surface area contributed by atoms with Gasteiger partial charge in [-0.25, -0.2) is 0 Å². The molecule has 130 valence electrons. The van der Waals surface area contributed by atoms with Gasteiger partial charge in [-0.3, -0.25) is 4.79 Å². The van der Waals surface area contributed by atoms with Gasteiger partial charge < -0.3 is 0 Å². The van der Waals surface area contributed by atoms with Crippen LogP contribution in [0.15, 0.2) is 52.4 Å². The molecule has 0 aliphatic carbocycles. The van der Waals surface area contributed by atoms with Crippen LogP contribution >= 0.6 is 11.8 Å². The number of hydrogen-bond acceptors (Lipinski definition) is 7. The van der Waals surface area contributed by atoms with Crippen LogP contribution in [0.2, 0.25) is 0 Å². The second-order valence-electron chi connectivity index (χ2n) is 5.83. The van der Waals surface area contributed by atoms with E-state index in [1.807, 2.05) is 37.3 Å². The molecule has 2 aromatic heterocycles. The Morgan fingerprint density at radius 2 is 1.85 bits per heavy atom. The van der Waals surface area contributed by atoms with Crippen molar-refractivity contribution in [2.45, 2.75) is 24.9 Å². The standard InChI is InChI=1S/C17H15N7OS/c1-11-7-8-13(9-12(11)2)24-17(19-20-22-24)26-10-23-16(25)14-5-3-4-6-15(14)18-21-23/h3-9H,10H2,1-2H3. The minimum Gasteiger partial charge on any atom is -0.267 e. The molecule has 0 N–H and O–H groups in total. The summed E-state index contributed by atoms with van der Waals surface area (Å²) in [6.45, 7) is 4.10. The van der Waals surface area contributed by atoms with E-state index in [1.165, 1.54) is 22.0 Å². The number of rotatable bonds is 4. The lowest BCUT2D eigenvalue weighted by molar-refractivity contribution is 0.642. The Labute approximate surface area is 152 Å². The second kappa shape index (κ2) is 6.68. The number of aryl methyl sites for hydroxylation is 2. The number of tetrazole rings is 1. The molecule has 0 bridgehead atoms. The van der Waals surface area contributed by atoms with Crippen molar-refractivity contribution in [1.82, 2.24) is 35.2 Å². The summed E-state index contributed by atoms with van der Waals surface area (Å²) in [6.07, 6.45) is 0. The number of thioether (sulfide) groups is 1. The van der Waals surface area contributed by atoms with Crippen molar-refractivity contribution < 1.29 is 0 Å². The molecule has 0 unspecified atom stereocenters. The Balaban J connectivity index is 1.62. The highest BCUT2D eigenvalue weighted by Gasteiger charge is 2.12. The molecule has 0 saturated heterocycles. The van der Waals surface area contributed by atoms with Crippen LogP contribution in [-0.4, -0.2) is 35.2 Å². The average molecular weight is 365 g/mol. The number of aromatic nitrogens is 7. The number of nitrogens with zero attached hydrogens (tertiary/aromatic N) is 7. The average Bonchev–Trinajstić information content (AvgIpc) is 3.12. The van der Waals surface area contributed by atoms with E-state index in [0.717, 1.165) is 11.3 Å². The number of hydrogen-bond donors (Lipinski definition) is 0. The molecule has 2 heterocycles. The van der Waals surface area contributed by atoms with Crippen molar-refractivity contribution in [3.63, 3.8) is 0 Å². The molecule has 0 radical (unpaired) electrons. The second-order valence-corrected chi connectivity index (χ2v) is 6.74.